The van der Waals surface area contributed by atoms with Gasteiger partial charge < -0.3 is 39.0 Å². The van der Waals surface area contributed by atoms with Crippen molar-refractivity contribution in [1.29, 1.82) is 0 Å². The Labute approximate surface area is 296 Å². The van der Waals surface area contributed by atoms with Gasteiger partial charge in [-0.1, -0.05) is 27.2 Å². The van der Waals surface area contributed by atoms with E-state index in [0.717, 1.165) is 45.1 Å². The maximum Gasteiger partial charge on any atom is 0.449 e. The highest BCUT2D eigenvalue weighted by atomic mass is 19.4. The van der Waals surface area contributed by atoms with E-state index in [0.29, 0.717) is 62.5 Å². The number of aliphatic hydroxyl groups is 3. The number of unbranched alkanes of at least 4 members (excludes halogenated alkanes) is 1. The molecule has 9 nitrogen and oxygen atoms in total. The molecule has 4 aliphatic heterocycles. The molecule has 0 aromatic rings. The van der Waals surface area contributed by atoms with Gasteiger partial charge in [0, 0.05) is 38.0 Å². The number of alkyl halides is 3. The Kier molecular flexibility index (Phi) is 11.9. The zero-order valence-corrected chi connectivity index (χ0v) is 30.7. The van der Waals surface area contributed by atoms with E-state index in [9.17, 15) is 28.5 Å². The van der Waals surface area contributed by atoms with Crippen molar-refractivity contribution in [2.45, 2.75) is 141 Å². The highest BCUT2D eigenvalue weighted by Gasteiger charge is 2.72. The summed E-state index contributed by atoms with van der Waals surface area (Å²) < 4.78 is 74.8. The Hall–Kier alpha value is -0.990. The first kappa shape index (κ1) is 38.7. The topological polar surface area (TPSA) is 110 Å². The smallest absolute Gasteiger partial charge is 0.449 e. The van der Waals surface area contributed by atoms with E-state index in [1.807, 2.05) is 0 Å². The number of ether oxygens (including phenoxy) is 5. The van der Waals surface area contributed by atoms with Gasteiger partial charge in [0.05, 0.1) is 25.4 Å². The van der Waals surface area contributed by atoms with Crippen molar-refractivity contribution in [1.82, 2.24) is 4.90 Å². The molecule has 2 aliphatic carbocycles. The van der Waals surface area contributed by atoms with Gasteiger partial charge in [0.1, 0.15) is 5.60 Å². The van der Waals surface area contributed by atoms with Crippen LogP contribution in [0.1, 0.15) is 98.8 Å². The van der Waals surface area contributed by atoms with Crippen LogP contribution in [0, 0.1) is 47.3 Å². The van der Waals surface area contributed by atoms with Crippen molar-refractivity contribution in [3.05, 3.63) is 11.3 Å². The summed E-state index contributed by atoms with van der Waals surface area (Å²) in [5.74, 6) is -0.347. The molecule has 6 rings (SSSR count). The largest absolute Gasteiger partial charge is 0.456 e. The van der Waals surface area contributed by atoms with Crippen LogP contribution in [-0.4, -0.2) is 102 Å². The number of aliphatic hydroxyl groups excluding tert-OH is 3. The number of halogens is 3. The van der Waals surface area contributed by atoms with Gasteiger partial charge >= 0.3 is 6.18 Å². The third-order valence-electron chi connectivity index (χ3n) is 13.6. The van der Waals surface area contributed by atoms with Crippen LogP contribution in [0.15, 0.2) is 11.3 Å². The van der Waals surface area contributed by atoms with Crippen molar-refractivity contribution < 1.29 is 52.2 Å². The van der Waals surface area contributed by atoms with E-state index < -0.39 is 54.5 Å². The number of allylic oxidation sites excluding steroid dienone is 1. The maximum absolute atomic E-state index is 14.7. The first-order valence-electron chi connectivity index (χ1n) is 19.4. The summed E-state index contributed by atoms with van der Waals surface area (Å²) in [5, 5.41) is 31.2. The van der Waals surface area contributed by atoms with Gasteiger partial charge in [0.2, 0.25) is 12.0 Å². The predicted molar refractivity (Wildman–Crippen MR) is 179 cm³/mol. The Morgan fingerprint density at radius 2 is 1.74 bits per heavy atom. The quantitative estimate of drug-likeness (QED) is 0.156. The van der Waals surface area contributed by atoms with Gasteiger partial charge in [-0.3, -0.25) is 4.90 Å². The minimum absolute atomic E-state index is 0.00700. The highest BCUT2D eigenvalue weighted by molar-refractivity contribution is 5.30. The summed E-state index contributed by atoms with van der Waals surface area (Å²) in [7, 11) is 0. The second-order valence-electron chi connectivity index (χ2n) is 16.9. The lowest BCUT2D eigenvalue weighted by Gasteiger charge is -2.56. The van der Waals surface area contributed by atoms with E-state index in [1.165, 1.54) is 0 Å². The molecule has 1 spiro atoms. The maximum atomic E-state index is 14.7. The Morgan fingerprint density at radius 3 is 2.48 bits per heavy atom. The fourth-order valence-corrected chi connectivity index (χ4v) is 10.8. The first-order chi connectivity index (χ1) is 23.7. The second-order valence-corrected chi connectivity index (χ2v) is 16.9. The summed E-state index contributed by atoms with van der Waals surface area (Å²) in [6, 6.07) is 0. The molecule has 12 heteroatoms. The predicted octanol–water partition coefficient (Wildman–Crippen LogP) is 6.00. The summed E-state index contributed by atoms with van der Waals surface area (Å²) in [5.41, 5.74) is -0.850. The summed E-state index contributed by atoms with van der Waals surface area (Å²) >= 11 is 0. The van der Waals surface area contributed by atoms with Crippen molar-refractivity contribution in [2.75, 3.05) is 39.5 Å². The lowest BCUT2D eigenvalue weighted by Crippen LogP contribution is -2.63. The second kappa shape index (κ2) is 15.4. The molecule has 4 heterocycles. The molecule has 3 N–H and O–H groups in total. The molecule has 14 unspecified atom stereocenters. The number of hydrogen-bond acceptors (Lipinski definition) is 9. The molecular weight excluding hydrogens is 655 g/mol. The molecule has 3 saturated heterocycles. The van der Waals surface area contributed by atoms with E-state index in [2.05, 4.69) is 27.7 Å². The molecule has 0 aromatic heterocycles. The minimum atomic E-state index is -4.73. The average molecular weight is 718 g/mol. The Morgan fingerprint density at radius 1 is 0.980 bits per heavy atom. The van der Waals surface area contributed by atoms with Crippen molar-refractivity contribution in [3.63, 3.8) is 0 Å². The number of fused-ring (bicyclic) bond motifs is 2. The van der Waals surface area contributed by atoms with Gasteiger partial charge in [-0.15, -0.1) is 0 Å². The SMILES string of the molecule is CC1CCC2C(C)CCC(C(C)C(O)OCCCCN(CC3=C(C(F)(F)F)OC4OC5(C)CCC6C(C)CCC3C46O5)CC(O)CO)C2CO1. The van der Waals surface area contributed by atoms with Gasteiger partial charge in [-0.2, -0.15) is 13.2 Å². The lowest BCUT2D eigenvalue weighted by molar-refractivity contribution is -0.249. The highest BCUT2D eigenvalue weighted by Crippen LogP contribution is 2.64. The molecule has 2 saturated carbocycles. The third-order valence-corrected chi connectivity index (χ3v) is 13.6. The van der Waals surface area contributed by atoms with Crippen molar-refractivity contribution in [3.8, 4) is 0 Å². The molecular formula is C38H62F3NO8. The van der Waals surface area contributed by atoms with Crippen LogP contribution in [0.4, 0.5) is 13.2 Å². The monoisotopic (exact) mass is 717 g/mol. The normalized spacial score (nSPS) is 42.0. The summed E-state index contributed by atoms with van der Waals surface area (Å²) in [4.78, 5) is 1.78. The van der Waals surface area contributed by atoms with Crippen molar-refractivity contribution >= 4 is 0 Å². The summed E-state index contributed by atoms with van der Waals surface area (Å²) in [6.07, 6.45) is 0.664. The Bertz CT molecular complexity index is 1190. The molecule has 288 valence electrons. The van der Waals surface area contributed by atoms with Gasteiger partial charge in [-0.05, 0) is 113 Å². The zero-order valence-electron chi connectivity index (χ0n) is 30.7. The summed E-state index contributed by atoms with van der Waals surface area (Å²) in [6.45, 7) is 11.3. The van der Waals surface area contributed by atoms with Crippen LogP contribution in [-0.2, 0) is 23.7 Å². The lowest BCUT2D eigenvalue weighted by atomic mass is 9.58. The van der Waals surface area contributed by atoms with E-state index in [1.54, 1.807) is 11.8 Å². The van der Waals surface area contributed by atoms with Crippen LogP contribution in [0.5, 0.6) is 0 Å². The molecule has 6 aliphatic rings. The fourth-order valence-electron chi connectivity index (χ4n) is 10.8. The van der Waals surface area contributed by atoms with Gasteiger partial charge in [0.15, 0.2) is 12.1 Å². The average Bonchev–Trinajstić information content (AvgIpc) is 3.14. The molecule has 2 bridgehead atoms. The molecule has 0 radical (unpaired) electrons. The van der Waals surface area contributed by atoms with E-state index >= 15 is 0 Å². The first-order valence-corrected chi connectivity index (χ1v) is 19.4. The zero-order chi connectivity index (χ0) is 36.0. The minimum Gasteiger partial charge on any atom is -0.456 e. The van der Waals surface area contributed by atoms with Crippen LogP contribution >= 0.6 is 0 Å². The Balaban J connectivity index is 1.10. The van der Waals surface area contributed by atoms with E-state index in [-0.39, 0.29) is 42.5 Å². The number of hydrogen-bond donors (Lipinski definition) is 3. The molecule has 0 aromatic carbocycles. The molecule has 14 atom stereocenters. The number of rotatable bonds is 13. The molecule has 50 heavy (non-hydrogen) atoms. The van der Waals surface area contributed by atoms with Gasteiger partial charge in [0.25, 0.3) is 0 Å². The third kappa shape index (κ3) is 7.66. The van der Waals surface area contributed by atoms with Gasteiger partial charge in [-0.25, -0.2) is 0 Å². The van der Waals surface area contributed by atoms with Crippen LogP contribution in [0.25, 0.3) is 0 Å². The standard InChI is InChI=1S/C38H62F3NO8/c1-22-8-11-28(30-21-47-24(3)10-12-27(22)30)25(4)34(45)46-17-7-6-16-42(18-26(44)20-43)19-29-32-13-9-23(2)31-14-15-36(5)49-35(37(31,32)50-36)48-33(29)38(39,40)41/h22-28,30-32,34-35,43-45H,6-21H2,1-5H3. The number of nitrogens with zero attached hydrogens (tertiary/aromatic N) is 1. The van der Waals surface area contributed by atoms with Crippen LogP contribution in [0.2, 0.25) is 0 Å². The molecule has 5 fully saturated rings. The molecule has 0 amide bonds. The van der Waals surface area contributed by atoms with E-state index in [4.69, 9.17) is 23.7 Å². The van der Waals surface area contributed by atoms with Crippen molar-refractivity contribution in [2.24, 2.45) is 47.3 Å². The van der Waals surface area contributed by atoms with Crippen LogP contribution in [0.3, 0.4) is 0 Å². The fraction of sp³-hybridized carbons (Fsp3) is 0.947. The van der Waals surface area contributed by atoms with Crippen LogP contribution < -0.4 is 0 Å².